The number of hydrogen-bond acceptors (Lipinski definition) is 10. The van der Waals surface area contributed by atoms with Crippen LogP contribution in [0.5, 0.6) is 5.75 Å². The number of aryl methyl sites for hydroxylation is 2. The van der Waals surface area contributed by atoms with Gasteiger partial charge >= 0.3 is 0 Å². The van der Waals surface area contributed by atoms with E-state index in [1.54, 1.807) is 17.5 Å². The number of nitrogens with one attached hydrogen (secondary N) is 1. The molecule has 14 nitrogen and oxygen atoms in total. The van der Waals surface area contributed by atoms with Gasteiger partial charge in [-0.15, -0.1) is 15.2 Å². The van der Waals surface area contributed by atoms with Gasteiger partial charge in [0.15, 0.2) is 5.82 Å². The molecular formula is C27H36N6O8S. The van der Waals surface area contributed by atoms with Crippen LogP contribution >= 0.6 is 0 Å². The van der Waals surface area contributed by atoms with Crippen molar-refractivity contribution in [2.45, 2.75) is 64.2 Å². The minimum absolute atomic E-state index is 0.0162. The van der Waals surface area contributed by atoms with E-state index >= 15 is 0 Å². The zero-order valence-electron chi connectivity index (χ0n) is 23.9. The fourth-order valence-corrected chi connectivity index (χ4v) is 6.99. The number of hydrogen-bond donors (Lipinski definition) is 2. The summed E-state index contributed by atoms with van der Waals surface area (Å²) in [6.45, 7) is 6.52. The first-order valence-electron chi connectivity index (χ1n) is 14.0. The van der Waals surface area contributed by atoms with Crippen LogP contribution in [-0.4, -0.2) is 70.1 Å². The molecule has 0 unspecified atom stereocenters. The Hall–Kier alpha value is -3.98. The molecule has 42 heavy (non-hydrogen) atoms. The van der Waals surface area contributed by atoms with Crippen molar-refractivity contribution in [3.8, 4) is 17.1 Å². The average molecular weight is 605 g/mol. The number of nitrogens with zero attached hydrogens (tertiary/aromatic N) is 5. The number of aromatic amines is 1. The van der Waals surface area contributed by atoms with E-state index in [1.165, 1.54) is 22.7 Å². The Morgan fingerprint density at radius 1 is 1.26 bits per heavy atom. The lowest BCUT2D eigenvalue weighted by molar-refractivity contribution is -0.758. The smallest absolute Gasteiger partial charge is 0.294 e. The Labute approximate surface area is 243 Å². The molecule has 1 fully saturated rings. The maximum absolute atomic E-state index is 13.7. The van der Waals surface area contributed by atoms with Crippen LogP contribution in [0.1, 0.15) is 63.3 Å². The van der Waals surface area contributed by atoms with Crippen LogP contribution in [0.4, 0.5) is 0 Å². The summed E-state index contributed by atoms with van der Waals surface area (Å²) in [5.41, 5.74) is 2.29. The van der Waals surface area contributed by atoms with E-state index in [0.29, 0.717) is 72.4 Å². The number of sulfonamides is 1. The molecule has 1 aliphatic rings. The Morgan fingerprint density at radius 3 is 2.62 bits per heavy atom. The quantitative estimate of drug-likeness (QED) is 0.128. The second kappa shape index (κ2) is 13.3. The molecular weight excluding hydrogens is 568 g/mol. The van der Waals surface area contributed by atoms with Gasteiger partial charge in [-0.3, -0.25) is 4.79 Å². The zero-order chi connectivity index (χ0) is 30.4. The van der Waals surface area contributed by atoms with Gasteiger partial charge < -0.3 is 19.8 Å². The summed E-state index contributed by atoms with van der Waals surface area (Å²) in [5, 5.41) is 26.8. The highest BCUT2D eigenvalue weighted by molar-refractivity contribution is 7.89. The van der Waals surface area contributed by atoms with Crippen molar-refractivity contribution in [3.05, 3.63) is 55.5 Å². The zero-order valence-corrected chi connectivity index (χ0v) is 24.7. The lowest BCUT2D eigenvalue weighted by atomic mass is 9.95. The molecule has 0 saturated carbocycles. The Kier molecular flexibility index (Phi) is 9.83. The molecule has 1 aromatic carbocycles. The fourth-order valence-electron chi connectivity index (χ4n) is 5.50. The van der Waals surface area contributed by atoms with E-state index in [9.17, 15) is 28.5 Å². The summed E-state index contributed by atoms with van der Waals surface area (Å²) >= 11 is 0. The van der Waals surface area contributed by atoms with Gasteiger partial charge in [0.2, 0.25) is 10.0 Å². The maximum Gasteiger partial charge on any atom is 0.294 e. The predicted molar refractivity (Wildman–Crippen MR) is 154 cm³/mol. The number of benzene rings is 1. The Bertz CT molecular complexity index is 1620. The van der Waals surface area contributed by atoms with Crippen LogP contribution < -0.4 is 10.3 Å². The van der Waals surface area contributed by atoms with Crippen molar-refractivity contribution < 1.29 is 28.3 Å². The topological polar surface area (TPSA) is 182 Å². The fraction of sp³-hybridized carbons (Fsp3) is 0.519. The van der Waals surface area contributed by atoms with Gasteiger partial charge in [0, 0.05) is 18.7 Å². The average Bonchev–Trinajstić information content (AvgIpc) is 3.26. The number of oxime groups is 1. The van der Waals surface area contributed by atoms with Crippen molar-refractivity contribution >= 4 is 21.8 Å². The number of rotatable bonds is 13. The normalized spacial score (nSPS) is 15.0. The van der Waals surface area contributed by atoms with Crippen LogP contribution in [0.15, 0.2) is 33.0 Å². The van der Waals surface area contributed by atoms with E-state index in [1.807, 2.05) is 13.8 Å². The highest BCUT2D eigenvalue weighted by Gasteiger charge is 2.31. The minimum Gasteiger partial charge on any atom is -0.493 e. The van der Waals surface area contributed by atoms with Crippen LogP contribution in [0.25, 0.3) is 16.9 Å². The molecule has 2 aromatic heterocycles. The summed E-state index contributed by atoms with van der Waals surface area (Å²) in [7, 11) is -3.90. The number of fused-ring (bicyclic) bond motifs is 1. The van der Waals surface area contributed by atoms with Gasteiger partial charge in [-0.25, -0.2) is 12.9 Å². The first-order chi connectivity index (χ1) is 20.2. The van der Waals surface area contributed by atoms with Crippen molar-refractivity contribution in [1.82, 2.24) is 18.9 Å². The highest BCUT2D eigenvalue weighted by Crippen LogP contribution is 2.33. The first-order valence-corrected chi connectivity index (χ1v) is 15.5. The number of H-pyrrole nitrogens is 1. The summed E-state index contributed by atoms with van der Waals surface area (Å²) in [6, 6.07) is 4.49. The number of aromatic nitrogens is 3. The first kappa shape index (κ1) is 31.0. The molecule has 0 spiro atoms. The lowest BCUT2D eigenvalue weighted by Gasteiger charge is -2.31. The molecule has 1 aliphatic heterocycles. The second-order valence-corrected chi connectivity index (χ2v) is 12.0. The monoisotopic (exact) mass is 604 g/mol. The molecule has 4 rings (SSSR count). The molecule has 3 heterocycles. The molecule has 0 radical (unpaired) electrons. The van der Waals surface area contributed by atoms with Gasteiger partial charge in [0.25, 0.3) is 10.6 Å². The second-order valence-electron chi connectivity index (χ2n) is 10.0. The van der Waals surface area contributed by atoms with E-state index in [4.69, 9.17) is 9.84 Å². The summed E-state index contributed by atoms with van der Waals surface area (Å²) in [4.78, 5) is 31.1. The third-order valence-electron chi connectivity index (χ3n) is 7.50. The molecule has 0 aliphatic carbocycles. The van der Waals surface area contributed by atoms with Gasteiger partial charge in [-0.1, -0.05) is 25.4 Å². The van der Waals surface area contributed by atoms with Crippen molar-refractivity contribution in [2.24, 2.45) is 11.1 Å². The predicted octanol–water partition coefficient (Wildman–Crippen LogP) is 3.41. The van der Waals surface area contributed by atoms with E-state index in [-0.39, 0.29) is 36.3 Å². The summed E-state index contributed by atoms with van der Waals surface area (Å²) < 4.78 is 36.1. The van der Waals surface area contributed by atoms with E-state index in [2.05, 4.69) is 15.0 Å². The van der Waals surface area contributed by atoms with Crippen LogP contribution in [0.3, 0.4) is 0 Å². The maximum atomic E-state index is 13.7. The van der Waals surface area contributed by atoms with Gasteiger partial charge in [0.1, 0.15) is 11.3 Å². The Balaban J connectivity index is 1.74. The van der Waals surface area contributed by atoms with Crippen molar-refractivity contribution in [2.75, 3.05) is 26.3 Å². The summed E-state index contributed by atoms with van der Waals surface area (Å²) in [5.74, 6) is 0.626. The van der Waals surface area contributed by atoms with Crippen LogP contribution in [0, 0.1) is 16.0 Å². The molecule has 3 aromatic rings. The SMILES string of the molecule is CCCc1c(/C=N/O)c(CC)c2c(=O)[nH]c(-c3cc(S(=O)(=O)N4CCC(CCO[N+](=O)[O-])CC4)ccc3OCC)nn12. The Morgan fingerprint density at radius 2 is 2.00 bits per heavy atom. The van der Waals surface area contributed by atoms with E-state index in [0.717, 1.165) is 6.42 Å². The van der Waals surface area contributed by atoms with Gasteiger partial charge in [-0.2, -0.15) is 4.31 Å². The van der Waals surface area contributed by atoms with Crippen molar-refractivity contribution in [3.63, 3.8) is 0 Å². The number of piperidine rings is 1. The molecule has 2 N–H and O–H groups in total. The molecule has 1 saturated heterocycles. The van der Waals surface area contributed by atoms with Gasteiger partial charge in [-0.05, 0) is 68.7 Å². The van der Waals surface area contributed by atoms with E-state index < -0.39 is 20.7 Å². The molecule has 0 bridgehead atoms. The summed E-state index contributed by atoms with van der Waals surface area (Å²) in [6.07, 6.45) is 4.74. The molecule has 15 heteroatoms. The lowest BCUT2D eigenvalue weighted by Crippen LogP contribution is -2.38. The minimum atomic E-state index is -3.90. The van der Waals surface area contributed by atoms with Crippen LogP contribution in [0.2, 0.25) is 0 Å². The molecule has 228 valence electrons. The molecule has 0 amide bonds. The standard InChI is InChI=1S/C27H36N6O8S/c1-4-7-23-22(17-28-35)20(5-2)25-27(34)29-26(30-32(23)25)21-16-19(8-9-24(21)40-6-3)42(38,39)31-13-10-18(11-14-31)12-15-41-33(36)37/h8-9,16-18,35H,4-7,10-15H2,1-3H3,(H,29,30,34)/b28-17+. The largest absolute Gasteiger partial charge is 0.493 e. The number of ether oxygens (including phenoxy) is 1. The third-order valence-corrected chi connectivity index (χ3v) is 9.40. The van der Waals surface area contributed by atoms with Crippen LogP contribution in [-0.2, 0) is 27.7 Å². The molecule has 0 atom stereocenters. The van der Waals surface area contributed by atoms with Crippen molar-refractivity contribution in [1.29, 1.82) is 0 Å². The third kappa shape index (κ3) is 6.26. The van der Waals surface area contributed by atoms with Gasteiger partial charge in [0.05, 0.1) is 35.6 Å². The highest BCUT2D eigenvalue weighted by atomic mass is 32.2.